The number of anilines is 2. The van der Waals surface area contributed by atoms with Gasteiger partial charge in [-0.2, -0.15) is 0 Å². The molecule has 0 aliphatic carbocycles. The molecule has 0 unspecified atom stereocenters. The Morgan fingerprint density at radius 3 is 2.30 bits per heavy atom. The number of halogens is 1. The molecule has 0 bridgehead atoms. The molecule has 1 aliphatic heterocycles. The summed E-state index contributed by atoms with van der Waals surface area (Å²) >= 11 is 7.33. The van der Waals surface area contributed by atoms with Gasteiger partial charge in [0.05, 0.1) is 12.8 Å². The molecule has 0 fully saturated rings. The smallest absolute Gasteiger partial charge is 0.283 e. The highest BCUT2D eigenvalue weighted by molar-refractivity contribution is 8.04. The normalized spacial score (nSPS) is 13.7. The van der Waals surface area contributed by atoms with Crippen LogP contribution in [-0.4, -0.2) is 18.9 Å². The lowest BCUT2D eigenvalue weighted by molar-refractivity contribution is -0.120. The van der Waals surface area contributed by atoms with Crippen LogP contribution in [0, 0.1) is 0 Å². The highest BCUT2D eigenvalue weighted by atomic mass is 35.5. The number of carbonyl (C=O) groups excluding carboxylic acids is 2. The van der Waals surface area contributed by atoms with Gasteiger partial charge in [-0.3, -0.25) is 9.59 Å². The predicted molar refractivity (Wildman–Crippen MR) is 120 cm³/mol. The maximum atomic E-state index is 13.3. The lowest BCUT2D eigenvalue weighted by atomic mass is 10.2. The van der Waals surface area contributed by atoms with E-state index in [9.17, 15) is 9.59 Å². The summed E-state index contributed by atoms with van der Waals surface area (Å²) in [7, 11) is 1.56. The van der Waals surface area contributed by atoms with Gasteiger partial charge in [-0.1, -0.05) is 47.6 Å². The molecule has 1 N–H and O–H groups in total. The van der Waals surface area contributed by atoms with Crippen molar-refractivity contribution in [3.63, 3.8) is 0 Å². The molecule has 150 valence electrons. The number of ether oxygens (including phenoxy) is 1. The number of benzene rings is 3. The maximum Gasteiger partial charge on any atom is 0.283 e. The van der Waals surface area contributed by atoms with Crippen molar-refractivity contribution < 1.29 is 14.3 Å². The van der Waals surface area contributed by atoms with Crippen LogP contribution in [-0.2, 0) is 9.59 Å². The van der Waals surface area contributed by atoms with Crippen LogP contribution in [0.2, 0.25) is 5.02 Å². The summed E-state index contributed by atoms with van der Waals surface area (Å²) in [5.74, 6) is -0.172. The standard InChI is InChI=1S/C23H17ClN2O3S/c1-29-18-12-10-17(11-13-18)26-22(27)20(25-16-7-5-6-15(24)14-16)21(23(26)28)30-19-8-3-2-4-9-19/h2-14,25H,1H3. The van der Waals surface area contributed by atoms with Crippen molar-refractivity contribution in [1.82, 2.24) is 0 Å². The fraction of sp³-hybridized carbons (Fsp3) is 0.0435. The maximum absolute atomic E-state index is 13.3. The first kappa shape index (κ1) is 20.1. The third kappa shape index (κ3) is 4.06. The zero-order valence-corrected chi connectivity index (χ0v) is 17.5. The lowest BCUT2D eigenvalue weighted by Crippen LogP contribution is -2.32. The molecule has 0 spiro atoms. The Labute approximate surface area is 183 Å². The number of carbonyl (C=O) groups is 2. The van der Waals surface area contributed by atoms with Crippen LogP contribution in [0.15, 0.2) is 94.4 Å². The van der Waals surface area contributed by atoms with Gasteiger partial charge < -0.3 is 10.1 Å². The third-order valence-electron chi connectivity index (χ3n) is 4.43. The molecule has 0 saturated carbocycles. The van der Waals surface area contributed by atoms with Crippen LogP contribution < -0.4 is 15.0 Å². The highest BCUT2D eigenvalue weighted by Gasteiger charge is 2.40. The molecule has 2 amide bonds. The van der Waals surface area contributed by atoms with E-state index >= 15 is 0 Å². The molecule has 7 heteroatoms. The zero-order valence-electron chi connectivity index (χ0n) is 16.0. The van der Waals surface area contributed by atoms with E-state index in [0.717, 1.165) is 9.80 Å². The van der Waals surface area contributed by atoms with Crippen molar-refractivity contribution in [1.29, 1.82) is 0 Å². The predicted octanol–water partition coefficient (Wildman–Crippen LogP) is 5.34. The Hall–Kier alpha value is -3.22. The zero-order chi connectivity index (χ0) is 21.1. The number of nitrogens with zero attached hydrogens (tertiary/aromatic N) is 1. The van der Waals surface area contributed by atoms with Gasteiger partial charge in [0.2, 0.25) is 0 Å². The van der Waals surface area contributed by atoms with Crippen molar-refractivity contribution in [2.45, 2.75) is 4.90 Å². The van der Waals surface area contributed by atoms with Crippen LogP contribution in [0.5, 0.6) is 5.75 Å². The van der Waals surface area contributed by atoms with Crippen molar-refractivity contribution in [3.8, 4) is 5.75 Å². The van der Waals surface area contributed by atoms with E-state index in [1.807, 2.05) is 30.3 Å². The fourth-order valence-corrected chi connectivity index (χ4v) is 4.14. The third-order valence-corrected chi connectivity index (χ3v) is 5.75. The Morgan fingerprint density at radius 2 is 1.63 bits per heavy atom. The quantitative estimate of drug-likeness (QED) is 0.529. The lowest BCUT2D eigenvalue weighted by Gasteiger charge is -2.15. The van der Waals surface area contributed by atoms with Gasteiger partial charge in [0, 0.05) is 15.6 Å². The molecule has 0 atom stereocenters. The van der Waals surface area contributed by atoms with E-state index in [2.05, 4.69) is 5.32 Å². The van der Waals surface area contributed by atoms with E-state index in [1.54, 1.807) is 55.6 Å². The molecule has 0 aromatic heterocycles. The molecule has 3 aromatic carbocycles. The molecule has 1 heterocycles. The van der Waals surface area contributed by atoms with Crippen molar-refractivity contribution >= 4 is 46.6 Å². The van der Waals surface area contributed by atoms with Gasteiger partial charge in [-0.25, -0.2) is 4.90 Å². The van der Waals surface area contributed by atoms with Crippen LogP contribution >= 0.6 is 23.4 Å². The van der Waals surface area contributed by atoms with Gasteiger partial charge in [0.25, 0.3) is 11.8 Å². The van der Waals surface area contributed by atoms with E-state index in [-0.39, 0.29) is 11.6 Å². The van der Waals surface area contributed by atoms with Gasteiger partial charge in [0.1, 0.15) is 16.4 Å². The van der Waals surface area contributed by atoms with Gasteiger partial charge in [-0.05, 0) is 54.6 Å². The first-order valence-corrected chi connectivity index (χ1v) is 10.3. The first-order chi connectivity index (χ1) is 14.6. The van der Waals surface area contributed by atoms with Crippen LogP contribution in [0.1, 0.15) is 0 Å². The van der Waals surface area contributed by atoms with E-state index in [4.69, 9.17) is 16.3 Å². The summed E-state index contributed by atoms with van der Waals surface area (Å²) in [5, 5.41) is 3.62. The average Bonchev–Trinajstić information content (AvgIpc) is 2.98. The number of thioether (sulfide) groups is 1. The second-order valence-electron chi connectivity index (χ2n) is 6.40. The Kier molecular flexibility index (Phi) is 5.79. The molecule has 4 rings (SSSR count). The monoisotopic (exact) mass is 436 g/mol. The Balaban J connectivity index is 1.73. The van der Waals surface area contributed by atoms with E-state index < -0.39 is 5.91 Å². The Bertz CT molecular complexity index is 1130. The summed E-state index contributed by atoms with van der Waals surface area (Å²) in [6, 6.07) is 23.2. The van der Waals surface area contributed by atoms with Gasteiger partial charge >= 0.3 is 0 Å². The van der Waals surface area contributed by atoms with E-state index in [1.165, 1.54) is 11.8 Å². The number of methoxy groups -OCH3 is 1. The summed E-state index contributed by atoms with van der Waals surface area (Å²) in [5.41, 5.74) is 1.31. The summed E-state index contributed by atoms with van der Waals surface area (Å²) in [4.78, 5) is 28.9. The van der Waals surface area contributed by atoms with Gasteiger partial charge in [-0.15, -0.1) is 0 Å². The molecule has 5 nitrogen and oxygen atoms in total. The number of imide groups is 1. The van der Waals surface area contributed by atoms with E-state index in [0.29, 0.717) is 27.1 Å². The fourth-order valence-electron chi connectivity index (χ4n) is 3.00. The average molecular weight is 437 g/mol. The molecule has 3 aromatic rings. The minimum atomic E-state index is -0.427. The number of rotatable bonds is 6. The number of amides is 2. The van der Waals surface area contributed by atoms with Crippen LogP contribution in [0.25, 0.3) is 0 Å². The molecular formula is C23H17ClN2O3S. The summed E-state index contributed by atoms with van der Waals surface area (Å²) in [6.45, 7) is 0. The number of hydrogen-bond acceptors (Lipinski definition) is 5. The molecule has 0 saturated heterocycles. The minimum absolute atomic E-state index is 0.215. The van der Waals surface area contributed by atoms with Gasteiger partial charge in [0.15, 0.2) is 0 Å². The molecule has 30 heavy (non-hydrogen) atoms. The highest BCUT2D eigenvalue weighted by Crippen LogP contribution is 2.38. The topological polar surface area (TPSA) is 58.6 Å². The molecule has 0 radical (unpaired) electrons. The second-order valence-corrected chi connectivity index (χ2v) is 7.92. The minimum Gasteiger partial charge on any atom is -0.497 e. The number of nitrogens with one attached hydrogen (secondary N) is 1. The Morgan fingerprint density at radius 1 is 0.900 bits per heavy atom. The molecule has 1 aliphatic rings. The summed E-state index contributed by atoms with van der Waals surface area (Å²) < 4.78 is 5.17. The number of hydrogen-bond donors (Lipinski definition) is 1. The molecular weight excluding hydrogens is 420 g/mol. The first-order valence-electron chi connectivity index (χ1n) is 9.09. The largest absolute Gasteiger partial charge is 0.497 e. The second kappa shape index (κ2) is 8.65. The van der Waals surface area contributed by atoms with Crippen molar-refractivity contribution in [2.75, 3.05) is 17.3 Å². The summed E-state index contributed by atoms with van der Waals surface area (Å²) in [6.07, 6.45) is 0. The van der Waals surface area contributed by atoms with Crippen LogP contribution in [0.4, 0.5) is 11.4 Å². The van der Waals surface area contributed by atoms with Crippen LogP contribution in [0.3, 0.4) is 0 Å². The van der Waals surface area contributed by atoms with Crippen molar-refractivity contribution in [2.24, 2.45) is 0 Å². The van der Waals surface area contributed by atoms with Crippen molar-refractivity contribution in [3.05, 3.63) is 94.5 Å². The SMILES string of the molecule is COc1ccc(N2C(=O)C(Nc3cccc(Cl)c3)=C(Sc3ccccc3)C2=O)cc1.